The van der Waals surface area contributed by atoms with Gasteiger partial charge in [-0.05, 0) is 31.2 Å². The number of benzene rings is 1. The van der Waals surface area contributed by atoms with Gasteiger partial charge in [-0.3, -0.25) is 4.79 Å². The average molecular weight is 238 g/mol. The van der Waals surface area contributed by atoms with Crippen molar-refractivity contribution in [2.75, 3.05) is 13.3 Å². The molecule has 1 aliphatic carbocycles. The normalized spacial score (nSPS) is 24.1. The highest BCUT2D eigenvalue weighted by Crippen LogP contribution is 2.50. The van der Waals surface area contributed by atoms with Gasteiger partial charge >= 0.3 is 5.97 Å². The van der Waals surface area contributed by atoms with E-state index in [9.17, 15) is 9.36 Å². The van der Waals surface area contributed by atoms with Crippen LogP contribution in [0.4, 0.5) is 0 Å². The van der Waals surface area contributed by atoms with Crippen molar-refractivity contribution < 1.29 is 14.5 Å². The fourth-order valence-electron chi connectivity index (χ4n) is 2.10. The summed E-state index contributed by atoms with van der Waals surface area (Å²) in [5.74, 6) is -0.975. The standard InChI is InChI=1S/C12H15O3P/c1-16(2,15)11-6-4-3-5-8(11)9-7-10(9)12(13)14/h3-6,9-10H,7H2,1-2H3,(H,13,14). The van der Waals surface area contributed by atoms with E-state index in [1.807, 2.05) is 24.3 Å². The van der Waals surface area contributed by atoms with Gasteiger partial charge in [0.1, 0.15) is 7.14 Å². The van der Waals surface area contributed by atoms with Gasteiger partial charge in [-0.2, -0.15) is 0 Å². The summed E-state index contributed by atoms with van der Waals surface area (Å²) in [6, 6.07) is 7.50. The molecule has 2 rings (SSSR count). The predicted octanol–water partition coefficient (Wildman–Crippen LogP) is 2.12. The van der Waals surface area contributed by atoms with Crippen molar-refractivity contribution in [3.8, 4) is 0 Å². The molecule has 0 amide bonds. The van der Waals surface area contributed by atoms with E-state index >= 15 is 0 Å². The molecular formula is C12H15O3P. The molecule has 1 aliphatic rings. The minimum atomic E-state index is -2.32. The lowest BCUT2D eigenvalue weighted by molar-refractivity contribution is -0.138. The minimum Gasteiger partial charge on any atom is -0.481 e. The SMILES string of the molecule is CP(C)(=O)c1ccccc1C1CC1C(=O)O. The number of hydrogen-bond acceptors (Lipinski definition) is 2. The molecule has 16 heavy (non-hydrogen) atoms. The molecule has 4 heteroatoms. The van der Waals surface area contributed by atoms with Gasteiger partial charge in [0.2, 0.25) is 0 Å². The zero-order valence-electron chi connectivity index (χ0n) is 9.38. The number of carboxylic acids is 1. The first-order chi connectivity index (χ1) is 7.41. The summed E-state index contributed by atoms with van der Waals surface area (Å²) in [5, 5.41) is 9.75. The fourth-order valence-corrected chi connectivity index (χ4v) is 3.41. The maximum absolute atomic E-state index is 12.1. The van der Waals surface area contributed by atoms with E-state index in [0.717, 1.165) is 10.9 Å². The van der Waals surface area contributed by atoms with Gasteiger partial charge < -0.3 is 9.67 Å². The second-order valence-corrected chi connectivity index (χ2v) is 7.88. The van der Waals surface area contributed by atoms with Crippen LogP contribution >= 0.6 is 7.14 Å². The van der Waals surface area contributed by atoms with Crippen molar-refractivity contribution in [1.82, 2.24) is 0 Å². The molecule has 0 saturated heterocycles. The Morgan fingerprint density at radius 1 is 1.38 bits per heavy atom. The molecule has 2 atom stereocenters. The van der Waals surface area contributed by atoms with E-state index in [1.165, 1.54) is 0 Å². The summed E-state index contributed by atoms with van der Waals surface area (Å²) < 4.78 is 12.1. The second-order valence-electron chi connectivity index (χ2n) is 4.70. The van der Waals surface area contributed by atoms with Crippen LogP contribution in [0.5, 0.6) is 0 Å². The Hall–Kier alpha value is -1.08. The Balaban J connectivity index is 2.37. The molecule has 0 bridgehead atoms. The largest absolute Gasteiger partial charge is 0.481 e. The van der Waals surface area contributed by atoms with Crippen molar-refractivity contribution in [2.24, 2.45) is 5.92 Å². The fraction of sp³-hybridized carbons (Fsp3) is 0.417. The first-order valence-electron chi connectivity index (χ1n) is 5.28. The Bertz CT molecular complexity index is 475. The highest BCUT2D eigenvalue weighted by atomic mass is 31.2. The summed E-state index contributed by atoms with van der Waals surface area (Å²) in [6.45, 7) is 3.45. The summed E-state index contributed by atoms with van der Waals surface area (Å²) in [4.78, 5) is 10.8. The van der Waals surface area contributed by atoms with Gasteiger partial charge in [0.25, 0.3) is 0 Å². The van der Waals surface area contributed by atoms with Gasteiger partial charge in [0.15, 0.2) is 0 Å². The lowest BCUT2D eigenvalue weighted by atomic mass is 10.1. The first kappa shape index (κ1) is 11.4. The zero-order valence-corrected chi connectivity index (χ0v) is 10.3. The average Bonchev–Trinajstić information content (AvgIpc) is 2.95. The number of hydrogen-bond donors (Lipinski definition) is 1. The molecule has 1 N–H and O–H groups in total. The van der Waals surface area contributed by atoms with Crippen LogP contribution in [0.3, 0.4) is 0 Å². The number of carboxylic acid groups (broad SMARTS) is 1. The summed E-state index contributed by atoms with van der Waals surface area (Å²) in [5.41, 5.74) is 0.961. The molecule has 2 unspecified atom stereocenters. The highest BCUT2D eigenvalue weighted by Gasteiger charge is 2.45. The molecule has 3 nitrogen and oxygen atoms in total. The minimum absolute atomic E-state index is 0.0573. The van der Waals surface area contributed by atoms with Crippen LogP contribution in [0, 0.1) is 5.92 Å². The zero-order chi connectivity index (χ0) is 11.9. The number of rotatable bonds is 3. The maximum Gasteiger partial charge on any atom is 0.307 e. The van der Waals surface area contributed by atoms with Crippen molar-refractivity contribution in [1.29, 1.82) is 0 Å². The lowest BCUT2D eigenvalue weighted by Crippen LogP contribution is -2.11. The molecule has 1 aromatic carbocycles. The summed E-state index contributed by atoms with van der Waals surface area (Å²) in [7, 11) is -2.32. The monoisotopic (exact) mass is 238 g/mol. The Labute approximate surface area is 94.9 Å². The van der Waals surface area contributed by atoms with Crippen LogP contribution in [-0.2, 0) is 9.36 Å². The molecule has 1 aromatic rings. The molecule has 0 aromatic heterocycles. The highest BCUT2D eigenvalue weighted by molar-refractivity contribution is 7.70. The molecule has 1 saturated carbocycles. The van der Waals surface area contributed by atoms with Crippen LogP contribution in [-0.4, -0.2) is 24.4 Å². The van der Waals surface area contributed by atoms with Gasteiger partial charge in [0, 0.05) is 5.30 Å². The molecule has 86 valence electrons. The third-order valence-electron chi connectivity index (χ3n) is 3.02. The van der Waals surface area contributed by atoms with E-state index in [-0.39, 0.29) is 11.8 Å². The quantitative estimate of drug-likeness (QED) is 0.820. The third-order valence-corrected chi connectivity index (χ3v) is 4.59. The first-order valence-corrected chi connectivity index (χ1v) is 7.88. The predicted molar refractivity (Wildman–Crippen MR) is 64.0 cm³/mol. The van der Waals surface area contributed by atoms with Crippen LogP contribution in [0.1, 0.15) is 17.9 Å². The smallest absolute Gasteiger partial charge is 0.307 e. The van der Waals surface area contributed by atoms with E-state index in [4.69, 9.17) is 5.11 Å². The number of aliphatic carboxylic acids is 1. The van der Waals surface area contributed by atoms with Gasteiger partial charge in [-0.15, -0.1) is 0 Å². The molecule has 0 radical (unpaired) electrons. The van der Waals surface area contributed by atoms with Crippen LogP contribution in [0.2, 0.25) is 0 Å². The molecule has 1 fully saturated rings. The third kappa shape index (κ3) is 2.05. The topological polar surface area (TPSA) is 54.4 Å². The van der Waals surface area contributed by atoms with Crippen molar-refractivity contribution in [3.05, 3.63) is 29.8 Å². The summed E-state index contributed by atoms with van der Waals surface area (Å²) in [6.07, 6.45) is 0.673. The van der Waals surface area contributed by atoms with Gasteiger partial charge in [-0.25, -0.2) is 0 Å². The van der Waals surface area contributed by atoms with E-state index in [0.29, 0.717) is 6.42 Å². The van der Waals surface area contributed by atoms with Crippen molar-refractivity contribution in [2.45, 2.75) is 12.3 Å². The van der Waals surface area contributed by atoms with Crippen molar-refractivity contribution in [3.63, 3.8) is 0 Å². The van der Waals surface area contributed by atoms with E-state index in [2.05, 4.69) is 0 Å². The molecular weight excluding hydrogens is 223 g/mol. The van der Waals surface area contributed by atoms with E-state index in [1.54, 1.807) is 13.3 Å². The van der Waals surface area contributed by atoms with Crippen LogP contribution in [0.15, 0.2) is 24.3 Å². The molecule has 0 heterocycles. The van der Waals surface area contributed by atoms with Gasteiger partial charge in [-0.1, -0.05) is 24.3 Å². The lowest BCUT2D eigenvalue weighted by Gasteiger charge is -2.12. The maximum atomic E-state index is 12.1. The van der Waals surface area contributed by atoms with Gasteiger partial charge in [0.05, 0.1) is 5.92 Å². The number of carbonyl (C=O) groups is 1. The van der Waals surface area contributed by atoms with E-state index < -0.39 is 13.1 Å². The van der Waals surface area contributed by atoms with Crippen LogP contribution in [0.25, 0.3) is 0 Å². The van der Waals surface area contributed by atoms with Crippen LogP contribution < -0.4 is 5.30 Å². The molecule has 0 spiro atoms. The second kappa shape index (κ2) is 3.74. The Morgan fingerprint density at radius 3 is 2.50 bits per heavy atom. The Kier molecular flexibility index (Phi) is 2.67. The summed E-state index contributed by atoms with van der Waals surface area (Å²) >= 11 is 0. The Morgan fingerprint density at radius 2 is 2.00 bits per heavy atom. The molecule has 0 aliphatic heterocycles. The van der Waals surface area contributed by atoms with Crippen molar-refractivity contribution >= 4 is 18.4 Å².